The monoisotopic (exact) mass is 284 g/mol. The normalized spacial score (nSPS) is 14.1. The third kappa shape index (κ3) is 3.61. The predicted octanol–water partition coefficient (Wildman–Crippen LogP) is 3.33. The summed E-state index contributed by atoms with van der Waals surface area (Å²) < 4.78 is 0. The maximum atomic E-state index is 12.6. The largest absolute Gasteiger partial charge is 0.346 e. The lowest BCUT2D eigenvalue weighted by Crippen LogP contribution is -2.52. The van der Waals surface area contributed by atoms with Crippen LogP contribution in [0.15, 0.2) is 42.5 Å². The van der Waals surface area contributed by atoms with Crippen molar-refractivity contribution in [2.75, 3.05) is 6.54 Å². The number of nitrogens with two attached hydrogens (primary N) is 1. The SMILES string of the molecule is CC(C)CC(C)(CN)NC(=O)c1cccc2ccccc12. The van der Waals surface area contributed by atoms with E-state index < -0.39 is 0 Å². The van der Waals surface area contributed by atoms with Crippen LogP contribution in [0.5, 0.6) is 0 Å². The lowest BCUT2D eigenvalue weighted by molar-refractivity contribution is 0.0900. The van der Waals surface area contributed by atoms with Gasteiger partial charge in [-0.15, -0.1) is 0 Å². The summed E-state index contributed by atoms with van der Waals surface area (Å²) in [4.78, 5) is 12.6. The molecule has 0 fully saturated rings. The second-order valence-electron chi connectivity index (χ2n) is 6.34. The Labute approximate surface area is 126 Å². The van der Waals surface area contributed by atoms with Crippen molar-refractivity contribution in [3.63, 3.8) is 0 Å². The molecule has 1 amide bonds. The van der Waals surface area contributed by atoms with Crippen molar-refractivity contribution >= 4 is 16.7 Å². The fourth-order valence-electron chi connectivity index (χ4n) is 2.85. The predicted molar refractivity (Wildman–Crippen MR) is 88.3 cm³/mol. The molecule has 0 aliphatic carbocycles. The Morgan fingerprint density at radius 2 is 1.86 bits per heavy atom. The van der Waals surface area contributed by atoms with E-state index in [-0.39, 0.29) is 11.4 Å². The van der Waals surface area contributed by atoms with Gasteiger partial charge in [0.05, 0.1) is 0 Å². The van der Waals surface area contributed by atoms with E-state index in [4.69, 9.17) is 5.73 Å². The lowest BCUT2D eigenvalue weighted by atomic mass is 9.90. The first-order chi connectivity index (χ1) is 9.95. The fraction of sp³-hybridized carbons (Fsp3) is 0.389. The number of amides is 1. The molecule has 1 atom stereocenters. The first-order valence-electron chi connectivity index (χ1n) is 7.45. The van der Waals surface area contributed by atoms with Crippen molar-refractivity contribution in [1.29, 1.82) is 0 Å². The number of nitrogens with one attached hydrogen (secondary N) is 1. The first kappa shape index (κ1) is 15.5. The highest BCUT2D eigenvalue weighted by Gasteiger charge is 2.26. The van der Waals surface area contributed by atoms with Gasteiger partial charge >= 0.3 is 0 Å². The van der Waals surface area contributed by atoms with E-state index in [1.165, 1.54) is 0 Å². The van der Waals surface area contributed by atoms with Gasteiger partial charge in [-0.2, -0.15) is 0 Å². The van der Waals surface area contributed by atoms with Gasteiger partial charge in [-0.05, 0) is 36.1 Å². The zero-order valence-electron chi connectivity index (χ0n) is 13.0. The van der Waals surface area contributed by atoms with Gasteiger partial charge < -0.3 is 11.1 Å². The summed E-state index contributed by atoms with van der Waals surface area (Å²) in [7, 11) is 0. The number of benzene rings is 2. The molecule has 0 saturated heterocycles. The Balaban J connectivity index is 2.30. The standard InChI is InChI=1S/C18H24N2O/c1-13(2)11-18(3,12-19)20-17(21)16-10-6-8-14-7-4-5-9-15(14)16/h4-10,13H,11-12,19H2,1-3H3,(H,20,21). The molecule has 3 nitrogen and oxygen atoms in total. The summed E-state index contributed by atoms with van der Waals surface area (Å²) in [5.74, 6) is 0.423. The summed E-state index contributed by atoms with van der Waals surface area (Å²) in [6, 6.07) is 13.7. The molecular formula is C18H24N2O. The van der Waals surface area contributed by atoms with E-state index in [0.29, 0.717) is 18.0 Å². The number of rotatable bonds is 5. The van der Waals surface area contributed by atoms with E-state index in [0.717, 1.165) is 17.2 Å². The van der Waals surface area contributed by atoms with Gasteiger partial charge in [-0.3, -0.25) is 4.79 Å². The Morgan fingerprint density at radius 3 is 2.52 bits per heavy atom. The Kier molecular flexibility index (Phi) is 4.63. The quantitative estimate of drug-likeness (QED) is 0.885. The molecule has 2 aromatic rings. The zero-order valence-corrected chi connectivity index (χ0v) is 13.0. The van der Waals surface area contributed by atoms with Gasteiger partial charge in [-0.25, -0.2) is 0 Å². The molecule has 0 aliphatic heterocycles. The molecule has 2 aromatic carbocycles. The molecule has 0 aromatic heterocycles. The van der Waals surface area contributed by atoms with Crippen LogP contribution >= 0.6 is 0 Å². The van der Waals surface area contributed by atoms with Crippen LogP contribution in [0, 0.1) is 5.92 Å². The summed E-state index contributed by atoms with van der Waals surface area (Å²) in [5, 5.41) is 5.17. The number of carbonyl (C=O) groups is 1. The minimum Gasteiger partial charge on any atom is -0.346 e. The molecule has 112 valence electrons. The summed E-state index contributed by atoms with van der Waals surface area (Å²) in [6.45, 7) is 6.72. The van der Waals surface area contributed by atoms with Gasteiger partial charge in [0.2, 0.25) is 0 Å². The molecule has 0 spiro atoms. The van der Waals surface area contributed by atoms with E-state index in [1.54, 1.807) is 0 Å². The third-order valence-corrected chi connectivity index (χ3v) is 3.76. The Morgan fingerprint density at radius 1 is 1.19 bits per heavy atom. The van der Waals surface area contributed by atoms with Crippen molar-refractivity contribution in [3.05, 3.63) is 48.0 Å². The number of hydrogen-bond donors (Lipinski definition) is 2. The van der Waals surface area contributed by atoms with Gasteiger partial charge in [0.1, 0.15) is 0 Å². The van der Waals surface area contributed by atoms with Crippen LogP contribution in [0.4, 0.5) is 0 Å². The second kappa shape index (κ2) is 6.27. The molecule has 3 N–H and O–H groups in total. The number of fused-ring (bicyclic) bond motifs is 1. The zero-order chi connectivity index (χ0) is 15.5. The highest BCUT2D eigenvalue weighted by atomic mass is 16.1. The highest BCUT2D eigenvalue weighted by Crippen LogP contribution is 2.21. The minimum atomic E-state index is -0.373. The summed E-state index contributed by atoms with van der Waals surface area (Å²) in [6.07, 6.45) is 0.861. The number of hydrogen-bond acceptors (Lipinski definition) is 2. The lowest BCUT2D eigenvalue weighted by Gasteiger charge is -2.31. The average Bonchev–Trinajstić information content (AvgIpc) is 2.45. The topological polar surface area (TPSA) is 55.1 Å². The molecule has 0 bridgehead atoms. The molecule has 21 heavy (non-hydrogen) atoms. The second-order valence-corrected chi connectivity index (χ2v) is 6.34. The van der Waals surface area contributed by atoms with Gasteiger partial charge in [-0.1, -0.05) is 50.2 Å². The Bertz CT molecular complexity index is 631. The first-order valence-corrected chi connectivity index (χ1v) is 7.45. The van der Waals surface area contributed by atoms with E-state index in [1.807, 2.05) is 49.4 Å². The molecule has 0 radical (unpaired) electrons. The number of carbonyl (C=O) groups excluding carboxylic acids is 1. The van der Waals surface area contributed by atoms with Crippen LogP contribution in [0.25, 0.3) is 10.8 Å². The van der Waals surface area contributed by atoms with Crippen LogP contribution in [0.3, 0.4) is 0 Å². The maximum absolute atomic E-state index is 12.6. The van der Waals surface area contributed by atoms with Crippen molar-refractivity contribution in [2.24, 2.45) is 11.7 Å². The van der Waals surface area contributed by atoms with E-state index in [9.17, 15) is 4.79 Å². The van der Waals surface area contributed by atoms with E-state index >= 15 is 0 Å². The van der Waals surface area contributed by atoms with Crippen LogP contribution < -0.4 is 11.1 Å². The van der Waals surface area contributed by atoms with Crippen LogP contribution in [-0.2, 0) is 0 Å². The molecule has 0 aliphatic rings. The minimum absolute atomic E-state index is 0.0552. The molecule has 0 saturated carbocycles. The fourth-order valence-corrected chi connectivity index (χ4v) is 2.85. The van der Waals surface area contributed by atoms with Crippen molar-refractivity contribution < 1.29 is 4.79 Å². The maximum Gasteiger partial charge on any atom is 0.252 e. The van der Waals surface area contributed by atoms with Crippen LogP contribution in [0.1, 0.15) is 37.6 Å². The van der Waals surface area contributed by atoms with Crippen LogP contribution in [0.2, 0.25) is 0 Å². The molecular weight excluding hydrogens is 260 g/mol. The van der Waals surface area contributed by atoms with Crippen molar-refractivity contribution in [2.45, 2.75) is 32.7 Å². The van der Waals surface area contributed by atoms with Gasteiger partial charge in [0, 0.05) is 17.6 Å². The van der Waals surface area contributed by atoms with Gasteiger partial charge in [0.25, 0.3) is 5.91 Å². The molecule has 3 heteroatoms. The molecule has 2 rings (SSSR count). The average molecular weight is 284 g/mol. The Hall–Kier alpha value is -1.87. The van der Waals surface area contributed by atoms with Crippen LogP contribution in [-0.4, -0.2) is 18.0 Å². The summed E-state index contributed by atoms with van der Waals surface area (Å²) in [5.41, 5.74) is 6.21. The van der Waals surface area contributed by atoms with E-state index in [2.05, 4.69) is 19.2 Å². The third-order valence-electron chi connectivity index (χ3n) is 3.76. The van der Waals surface area contributed by atoms with Crippen molar-refractivity contribution in [1.82, 2.24) is 5.32 Å². The molecule has 1 unspecified atom stereocenters. The summed E-state index contributed by atoms with van der Waals surface area (Å²) >= 11 is 0. The smallest absolute Gasteiger partial charge is 0.252 e. The highest BCUT2D eigenvalue weighted by molar-refractivity contribution is 6.07. The molecule has 0 heterocycles. The van der Waals surface area contributed by atoms with Crippen molar-refractivity contribution in [3.8, 4) is 0 Å². The van der Waals surface area contributed by atoms with Gasteiger partial charge in [0.15, 0.2) is 0 Å².